The molecule has 0 aliphatic rings. The van der Waals surface area contributed by atoms with Crippen molar-refractivity contribution in [3.05, 3.63) is 119 Å². The zero-order chi connectivity index (χ0) is 90.3. The first-order valence-electron chi connectivity index (χ1n) is 50.7. The minimum atomic E-state index is 0.324. The second-order valence-electron chi connectivity index (χ2n) is 42.8. The molecule has 0 aromatic rings. The minimum Gasteiger partial charge on any atom is -0.103 e. The molecule has 0 heteroatoms. The summed E-state index contributed by atoms with van der Waals surface area (Å²) in [4.78, 5) is 0. The van der Waals surface area contributed by atoms with Crippen molar-refractivity contribution in [1.82, 2.24) is 0 Å². The van der Waals surface area contributed by atoms with Gasteiger partial charge in [-0.1, -0.05) is 452 Å². The van der Waals surface area contributed by atoms with Gasteiger partial charge in [-0.25, -0.2) is 0 Å². The van der Waals surface area contributed by atoms with Crippen LogP contribution in [0.5, 0.6) is 0 Å². The molecule has 0 aliphatic heterocycles. The summed E-state index contributed by atoms with van der Waals surface area (Å²) in [6.07, 6.45) is 81.7. The lowest BCUT2D eigenvalue weighted by atomic mass is 9.75. The van der Waals surface area contributed by atoms with Crippen LogP contribution < -0.4 is 0 Å². The predicted octanol–water partition coefficient (Wildman–Crippen LogP) is 42.4. The molecule has 690 valence electrons. The summed E-state index contributed by atoms with van der Waals surface area (Å²) in [5.41, 5.74) is 12.3. The van der Waals surface area contributed by atoms with E-state index in [1.807, 2.05) is 0 Å². The third-order valence-electron chi connectivity index (χ3n) is 23.7. The van der Waals surface area contributed by atoms with Gasteiger partial charge >= 0.3 is 0 Å². The Balaban J connectivity index is -0.000000243. The largest absolute Gasteiger partial charge is 0.103 e. The molecule has 0 N–H and O–H groups in total. The topological polar surface area (TPSA) is 0 Å². The Kier molecular flexibility index (Phi) is 96.8. The normalized spacial score (nSPS) is 14.0. The van der Waals surface area contributed by atoms with Crippen molar-refractivity contribution in [2.45, 2.75) is 532 Å². The molecule has 7 unspecified atom stereocenters. The van der Waals surface area contributed by atoms with Gasteiger partial charge in [0.1, 0.15) is 0 Å². The maximum absolute atomic E-state index is 4.06. The lowest BCUT2D eigenvalue weighted by molar-refractivity contribution is 0.257. The van der Waals surface area contributed by atoms with Crippen LogP contribution in [0.2, 0.25) is 0 Å². The molecule has 0 bridgehead atoms. The summed E-state index contributed by atoms with van der Waals surface area (Å²) < 4.78 is 0. The lowest BCUT2D eigenvalue weighted by Crippen LogP contribution is -2.20. The Morgan fingerprint density at radius 1 is 0.267 bits per heavy atom. The Morgan fingerprint density at radius 3 is 0.957 bits per heavy atom. The molecule has 0 rings (SSSR count). The van der Waals surface area contributed by atoms with E-state index in [1.54, 1.807) is 11.1 Å². The average Bonchev–Trinajstić information content (AvgIpc) is 0.881. The van der Waals surface area contributed by atoms with E-state index in [9.17, 15) is 0 Å². The summed E-state index contributed by atoms with van der Waals surface area (Å²) >= 11 is 0. The van der Waals surface area contributed by atoms with Crippen LogP contribution in [-0.2, 0) is 0 Å². The molecule has 116 heavy (non-hydrogen) atoms. The number of allylic oxidation sites excluding steroid dienone is 18. The van der Waals surface area contributed by atoms with Crippen LogP contribution in [0.4, 0.5) is 0 Å². The van der Waals surface area contributed by atoms with Crippen LogP contribution in [0.1, 0.15) is 532 Å². The first-order valence-corrected chi connectivity index (χ1v) is 50.7. The fourth-order valence-electron chi connectivity index (χ4n) is 14.5. The smallest absolute Gasteiger partial charge is 0.0126 e. The molecule has 0 aliphatic carbocycles. The molecule has 0 saturated heterocycles. The molecule has 0 fully saturated rings. The molecule has 0 spiro atoms. The highest BCUT2D eigenvalue weighted by Crippen LogP contribution is 2.35. The van der Waals surface area contributed by atoms with Crippen molar-refractivity contribution in [3.8, 4) is 0 Å². The van der Waals surface area contributed by atoms with Crippen molar-refractivity contribution >= 4 is 0 Å². The summed E-state index contributed by atoms with van der Waals surface area (Å²) in [5.74, 6) is 12.5. The molecule has 0 aromatic carbocycles. The van der Waals surface area contributed by atoms with Crippen LogP contribution in [0, 0.1) is 94.2 Å². The standard InChI is InChI=1S/2C23H46.C18H32.C14H30.C13H26.C13H24.C12H22/c1-19(2)11-8-12-21(5)13-9-14-22(6)15-10-16-23(7)18-17-20(3)4;1-9-23(8,20(4)5)18-12-17-22(7)16-11-15-21(6)14-10-13-19(2)3;1-15(2)10-7-8-11-17(5)12-9-13-18(6)14-16(3)4;1-4-5-6-7-8-9-10-11-12-13-14(2)3;2*1-11(2)7-6-8-13(5)10-9-12(3)4;1-6-12(11(4)5)9-7-8-10(2)3/h18-22H,8-17H2,1-7H3;9,19-22H,1,10-18H2,2-8H3;10-11,13,16H,7-9,12,14H2,1-6H3;14H,4-13H2,1-3H3;7,12-13H,6,8-10H2,1-5H3;7,10,12H,6,8-9H2,1-5H3;6,8,11-12H,1,7,9H2,2-5H3/b23-18+;;17-11-,18-13+;;;13-10+;. The van der Waals surface area contributed by atoms with Crippen molar-refractivity contribution in [1.29, 1.82) is 0 Å². The molecule has 0 aromatic heterocycles. The SMILES string of the molecule is C/C(=C\CC(C)C)CCCC(C)CCCC(C)CCCC(C)C.C=CC(C)(CCCC(C)CCCC(C)CCCC(C)C)C(C)C.C=CC(CCC=C(C)C)C(C)C.CC(C)=CCC/C(C)=C/CC(C)C.CC(C)=CCC/C=C(/C)CC/C=C(\C)CC(C)C.CC(C)=CCCC(C)CCC(C)C.CCCCCCCCCCCC(C)C. The fraction of sp³-hybridized carbons (Fsp3) is 0.828. The molecule has 0 radical (unpaired) electrons. The lowest BCUT2D eigenvalue weighted by Gasteiger charge is -2.30. The highest BCUT2D eigenvalue weighted by atomic mass is 14.3. The van der Waals surface area contributed by atoms with Crippen LogP contribution in [0.15, 0.2) is 119 Å². The van der Waals surface area contributed by atoms with E-state index in [1.165, 1.54) is 310 Å². The minimum absolute atomic E-state index is 0.324. The average molecular weight is 1620 g/mol. The van der Waals surface area contributed by atoms with Gasteiger partial charge in [0.15, 0.2) is 0 Å². The molecule has 7 atom stereocenters. The van der Waals surface area contributed by atoms with Gasteiger partial charge in [0.2, 0.25) is 0 Å². The van der Waals surface area contributed by atoms with Gasteiger partial charge in [0, 0.05) is 0 Å². The van der Waals surface area contributed by atoms with E-state index in [-0.39, 0.29) is 0 Å². The van der Waals surface area contributed by atoms with Crippen LogP contribution in [0.25, 0.3) is 0 Å². The first-order chi connectivity index (χ1) is 54.3. The van der Waals surface area contributed by atoms with Gasteiger partial charge < -0.3 is 0 Å². The fourth-order valence-corrected chi connectivity index (χ4v) is 14.5. The van der Waals surface area contributed by atoms with Gasteiger partial charge in [0.25, 0.3) is 0 Å². The molecule has 0 saturated carbocycles. The first kappa shape index (κ1) is 127. The summed E-state index contributed by atoms with van der Waals surface area (Å²) in [6, 6.07) is 0. The monoisotopic (exact) mass is 1620 g/mol. The van der Waals surface area contributed by atoms with Gasteiger partial charge in [-0.2, -0.15) is 0 Å². The number of hydrogen-bond acceptors (Lipinski definition) is 0. The van der Waals surface area contributed by atoms with Crippen molar-refractivity contribution < 1.29 is 0 Å². The van der Waals surface area contributed by atoms with Crippen LogP contribution in [0.3, 0.4) is 0 Å². The van der Waals surface area contributed by atoms with E-state index < -0.39 is 0 Å². The Hall–Kier alpha value is -2.60. The molecular formula is C116H226. The van der Waals surface area contributed by atoms with Crippen LogP contribution >= 0.6 is 0 Å². The maximum Gasteiger partial charge on any atom is -0.0126 e. The Morgan fingerprint density at radius 2 is 0.586 bits per heavy atom. The zero-order valence-electron chi connectivity index (χ0n) is 87.8. The van der Waals surface area contributed by atoms with Crippen molar-refractivity contribution in [2.75, 3.05) is 0 Å². The van der Waals surface area contributed by atoms with E-state index in [0.717, 1.165) is 76.9 Å². The van der Waals surface area contributed by atoms with Gasteiger partial charge in [-0.15, -0.1) is 13.2 Å². The summed E-state index contributed by atoms with van der Waals surface area (Å²) in [6.45, 7) is 92.6. The highest BCUT2D eigenvalue weighted by Gasteiger charge is 2.24. The molecule has 0 nitrogen and oxygen atoms in total. The van der Waals surface area contributed by atoms with E-state index >= 15 is 0 Å². The predicted molar refractivity (Wildman–Crippen MR) is 548 cm³/mol. The zero-order valence-corrected chi connectivity index (χ0v) is 87.8. The quantitative estimate of drug-likeness (QED) is 0.0421. The van der Waals surface area contributed by atoms with Crippen LogP contribution in [-0.4, -0.2) is 0 Å². The van der Waals surface area contributed by atoms with Gasteiger partial charge in [-0.3, -0.25) is 0 Å². The Labute approximate surface area is 740 Å². The number of rotatable bonds is 62. The second-order valence-corrected chi connectivity index (χ2v) is 42.8. The third kappa shape index (κ3) is 111. The Bertz CT molecular complexity index is 2330. The van der Waals surface area contributed by atoms with E-state index in [4.69, 9.17) is 0 Å². The van der Waals surface area contributed by atoms with E-state index in [0.29, 0.717) is 17.3 Å². The highest BCUT2D eigenvalue weighted by molar-refractivity contribution is 5.06. The van der Waals surface area contributed by atoms with Crippen molar-refractivity contribution in [2.24, 2.45) is 94.2 Å². The van der Waals surface area contributed by atoms with Gasteiger partial charge in [-0.05, 0) is 280 Å². The van der Waals surface area contributed by atoms with E-state index in [2.05, 4.69) is 330 Å². The van der Waals surface area contributed by atoms with Gasteiger partial charge in [0.05, 0.1) is 0 Å². The molecular weight excluding hydrogens is 1390 g/mol. The summed E-state index contributed by atoms with van der Waals surface area (Å²) in [5, 5.41) is 0. The maximum atomic E-state index is 4.06. The van der Waals surface area contributed by atoms with Crippen molar-refractivity contribution in [3.63, 3.8) is 0 Å². The molecule has 0 heterocycles. The number of unbranched alkanes of at least 4 members (excludes halogenated alkanes) is 9. The summed E-state index contributed by atoms with van der Waals surface area (Å²) in [7, 11) is 0. The second kappa shape index (κ2) is 88.7. The number of hydrogen-bond donors (Lipinski definition) is 0. The molecule has 0 amide bonds. The third-order valence-corrected chi connectivity index (χ3v) is 23.7.